The summed E-state index contributed by atoms with van der Waals surface area (Å²) in [6.45, 7) is 8.27. The molecule has 2 amide bonds. The van der Waals surface area contributed by atoms with Crippen molar-refractivity contribution in [3.63, 3.8) is 0 Å². The van der Waals surface area contributed by atoms with Gasteiger partial charge in [-0.05, 0) is 40.2 Å². The molecule has 0 saturated carbocycles. The standard InChI is InChI=1S/C18H22BN3O4S/c1-17(2)18(3,4)26-19(25-17)16-15-12(20-10-21-16)8-11(27-15)9-22-13(23)6-5-7-14(22)24/h8,10H,5-7,9H2,1-4H3. The zero-order chi connectivity index (χ0) is 19.4. The van der Waals surface area contributed by atoms with Crippen molar-refractivity contribution in [3.05, 3.63) is 17.3 Å². The van der Waals surface area contributed by atoms with Gasteiger partial charge in [0.05, 0.1) is 33.6 Å². The van der Waals surface area contributed by atoms with E-state index < -0.39 is 18.3 Å². The highest BCUT2D eigenvalue weighted by molar-refractivity contribution is 7.20. The number of amides is 2. The molecule has 2 fully saturated rings. The molecule has 2 aliphatic rings. The number of carbonyl (C=O) groups excluding carboxylic acids is 2. The molecule has 0 unspecified atom stereocenters. The Kier molecular flexibility index (Phi) is 4.36. The molecule has 2 aromatic heterocycles. The number of nitrogens with zero attached hydrogens (tertiary/aromatic N) is 3. The Morgan fingerprint density at radius 2 is 1.74 bits per heavy atom. The van der Waals surface area contributed by atoms with E-state index in [1.165, 1.54) is 22.6 Å². The maximum absolute atomic E-state index is 12.1. The van der Waals surface area contributed by atoms with Crippen LogP contribution in [-0.4, -0.2) is 45.0 Å². The van der Waals surface area contributed by atoms with Crippen LogP contribution in [0.4, 0.5) is 0 Å². The summed E-state index contributed by atoms with van der Waals surface area (Å²) < 4.78 is 13.1. The molecular weight excluding hydrogens is 365 g/mol. The van der Waals surface area contributed by atoms with Gasteiger partial charge in [0, 0.05) is 17.7 Å². The minimum Gasteiger partial charge on any atom is -0.398 e. The van der Waals surface area contributed by atoms with Gasteiger partial charge >= 0.3 is 7.12 Å². The summed E-state index contributed by atoms with van der Waals surface area (Å²) >= 11 is 1.48. The monoisotopic (exact) mass is 387 g/mol. The van der Waals surface area contributed by atoms with Crippen molar-refractivity contribution < 1.29 is 18.9 Å². The summed E-state index contributed by atoms with van der Waals surface area (Å²) in [4.78, 5) is 35.2. The first-order valence-electron chi connectivity index (χ1n) is 9.10. The van der Waals surface area contributed by atoms with Crippen LogP contribution in [0.5, 0.6) is 0 Å². The van der Waals surface area contributed by atoms with Crippen LogP contribution in [0.15, 0.2) is 12.4 Å². The van der Waals surface area contributed by atoms with E-state index in [-0.39, 0.29) is 18.4 Å². The molecular formula is C18H22BN3O4S. The molecule has 2 aliphatic heterocycles. The van der Waals surface area contributed by atoms with E-state index >= 15 is 0 Å². The lowest BCUT2D eigenvalue weighted by Crippen LogP contribution is -2.41. The minimum absolute atomic E-state index is 0.110. The number of imide groups is 1. The SMILES string of the molecule is CC1(C)OB(c2ncnc3cc(CN4C(=O)CCCC4=O)sc23)OC1(C)C. The highest BCUT2D eigenvalue weighted by Gasteiger charge is 2.53. The van der Waals surface area contributed by atoms with Gasteiger partial charge in [0.25, 0.3) is 0 Å². The molecule has 0 spiro atoms. The van der Waals surface area contributed by atoms with Gasteiger partial charge in [0.2, 0.25) is 11.8 Å². The predicted molar refractivity (Wildman–Crippen MR) is 103 cm³/mol. The summed E-state index contributed by atoms with van der Waals surface area (Å²) in [5.74, 6) is -0.220. The number of hydrogen-bond donors (Lipinski definition) is 0. The molecule has 2 aromatic rings. The first-order chi connectivity index (χ1) is 12.7. The third kappa shape index (κ3) is 3.17. The van der Waals surface area contributed by atoms with E-state index in [4.69, 9.17) is 9.31 Å². The second-order valence-electron chi connectivity index (χ2n) is 8.00. The number of likely N-dealkylation sites (tertiary alicyclic amines) is 1. The minimum atomic E-state index is -0.578. The number of carbonyl (C=O) groups is 2. The quantitative estimate of drug-likeness (QED) is 0.592. The molecule has 7 nitrogen and oxygen atoms in total. The van der Waals surface area contributed by atoms with Crippen molar-refractivity contribution in [2.75, 3.05) is 0 Å². The van der Waals surface area contributed by atoms with Gasteiger partial charge in [-0.2, -0.15) is 0 Å². The Morgan fingerprint density at radius 1 is 1.11 bits per heavy atom. The fourth-order valence-electron chi connectivity index (χ4n) is 3.25. The van der Waals surface area contributed by atoms with Gasteiger partial charge in [-0.1, -0.05) is 0 Å². The number of fused-ring (bicyclic) bond motifs is 1. The van der Waals surface area contributed by atoms with E-state index in [0.29, 0.717) is 24.9 Å². The third-order valence-corrected chi connectivity index (χ3v) is 6.70. The first kappa shape index (κ1) is 18.5. The molecule has 4 heterocycles. The van der Waals surface area contributed by atoms with E-state index in [1.54, 1.807) is 0 Å². The fraction of sp³-hybridized carbons (Fsp3) is 0.556. The molecule has 27 heavy (non-hydrogen) atoms. The van der Waals surface area contributed by atoms with Crippen LogP contribution in [0.25, 0.3) is 10.2 Å². The average molecular weight is 387 g/mol. The molecule has 0 aromatic carbocycles. The largest absolute Gasteiger partial charge is 0.516 e. The molecule has 142 valence electrons. The van der Waals surface area contributed by atoms with Crippen molar-refractivity contribution in [3.8, 4) is 0 Å². The van der Waals surface area contributed by atoms with Crippen molar-refractivity contribution in [2.45, 2.75) is 64.7 Å². The fourth-order valence-corrected chi connectivity index (χ4v) is 4.35. The predicted octanol–water partition coefficient (Wildman–Crippen LogP) is 2.03. The van der Waals surface area contributed by atoms with Gasteiger partial charge in [-0.25, -0.2) is 9.97 Å². The summed E-state index contributed by atoms with van der Waals surface area (Å²) in [6.07, 6.45) is 2.99. The van der Waals surface area contributed by atoms with Crippen molar-refractivity contribution in [2.24, 2.45) is 0 Å². The summed E-state index contributed by atoms with van der Waals surface area (Å²) in [5, 5.41) is 0. The van der Waals surface area contributed by atoms with Crippen LogP contribution in [-0.2, 0) is 25.4 Å². The summed E-state index contributed by atoms with van der Waals surface area (Å²) in [6, 6.07) is 1.91. The maximum atomic E-state index is 12.1. The van der Waals surface area contributed by atoms with Gasteiger partial charge in [0.1, 0.15) is 6.33 Å². The molecule has 0 bridgehead atoms. The van der Waals surface area contributed by atoms with Gasteiger partial charge in [-0.15, -0.1) is 11.3 Å². The zero-order valence-electron chi connectivity index (χ0n) is 15.9. The van der Waals surface area contributed by atoms with Gasteiger partial charge < -0.3 is 9.31 Å². The average Bonchev–Trinajstić information content (AvgIpc) is 3.08. The van der Waals surface area contributed by atoms with E-state index in [1.807, 2.05) is 33.8 Å². The first-order valence-corrected chi connectivity index (χ1v) is 9.92. The zero-order valence-corrected chi connectivity index (χ0v) is 16.8. The maximum Gasteiger partial charge on any atom is 0.516 e. The Labute approximate surface area is 162 Å². The smallest absolute Gasteiger partial charge is 0.398 e. The normalized spacial score (nSPS) is 22.1. The van der Waals surface area contributed by atoms with Crippen molar-refractivity contribution in [1.29, 1.82) is 0 Å². The second-order valence-corrected chi connectivity index (χ2v) is 9.14. The van der Waals surface area contributed by atoms with E-state index in [2.05, 4.69) is 9.97 Å². The lowest BCUT2D eigenvalue weighted by Gasteiger charge is -2.32. The molecule has 0 aliphatic carbocycles. The topological polar surface area (TPSA) is 81.6 Å². The van der Waals surface area contributed by atoms with Crippen LogP contribution in [0.1, 0.15) is 51.8 Å². The van der Waals surface area contributed by atoms with E-state index in [9.17, 15) is 9.59 Å². The van der Waals surface area contributed by atoms with Crippen molar-refractivity contribution >= 4 is 46.1 Å². The number of hydrogen-bond acceptors (Lipinski definition) is 7. The third-order valence-electron chi connectivity index (χ3n) is 5.56. The van der Waals surface area contributed by atoms with Crippen molar-refractivity contribution in [1.82, 2.24) is 14.9 Å². The van der Waals surface area contributed by atoms with Gasteiger partial charge in [0.15, 0.2) is 0 Å². The second kappa shape index (κ2) is 6.36. The lowest BCUT2D eigenvalue weighted by molar-refractivity contribution is -0.148. The number of piperidine rings is 1. The molecule has 4 rings (SSSR count). The lowest BCUT2D eigenvalue weighted by atomic mass is 9.84. The van der Waals surface area contributed by atoms with E-state index in [0.717, 1.165) is 15.1 Å². The summed E-state index contributed by atoms with van der Waals surface area (Å²) in [5.41, 5.74) is 0.543. The highest BCUT2D eigenvalue weighted by Crippen LogP contribution is 2.37. The molecule has 9 heteroatoms. The number of thiophene rings is 1. The Bertz CT molecular complexity index is 894. The van der Waals surface area contributed by atoms with Crippen LogP contribution < -0.4 is 5.59 Å². The molecule has 2 saturated heterocycles. The highest BCUT2D eigenvalue weighted by atomic mass is 32.1. The number of rotatable bonds is 3. The molecule has 0 radical (unpaired) electrons. The van der Waals surface area contributed by atoms with Crippen LogP contribution in [0.2, 0.25) is 0 Å². The molecule has 0 N–H and O–H groups in total. The van der Waals surface area contributed by atoms with Crippen LogP contribution >= 0.6 is 11.3 Å². The van der Waals surface area contributed by atoms with Crippen LogP contribution in [0, 0.1) is 0 Å². The Hall–Kier alpha value is -1.84. The van der Waals surface area contributed by atoms with Crippen LogP contribution in [0.3, 0.4) is 0 Å². The number of aromatic nitrogens is 2. The molecule has 0 atom stereocenters. The summed E-state index contributed by atoms with van der Waals surface area (Å²) in [7, 11) is -0.578. The Morgan fingerprint density at radius 3 is 2.37 bits per heavy atom. The van der Waals surface area contributed by atoms with Gasteiger partial charge in [-0.3, -0.25) is 14.5 Å². The Balaban J connectivity index is 1.65.